The summed E-state index contributed by atoms with van der Waals surface area (Å²) < 4.78 is 12.1. The predicted octanol–water partition coefficient (Wildman–Crippen LogP) is 0.279. The van der Waals surface area contributed by atoms with E-state index in [1.165, 1.54) is 0 Å². The van der Waals surface area contributed by atoms with Gasteiger partial charge in [-0.1, -0.05) is 0 Å². The van der Waals surface area contributed by atoms with Crippen LogP contribution in [0.25, 0.3) is 11.2 Å². The Morgan fingerprint density at radius 2 is 2.00 bits per heavy atom. The molecule has 0 unspecified atom stereocenters. The molecule has 2 aromatic heterocycles. The fourth-order valence-corrected chi connectivity index (χ4v) is 1.45. The van der Waals surface area contributed by atoms with Gasteiger partial charge < -0.3 is 19.8 Å². The second-order valence-electron chi connectivity index (χ2n) is 3.62. The molecule has 0 bridgehead atoms. The Balaban J connectivity index is 2.36. The lowest BCUT2D eigenvalue weighted by atomic mass is 10.5. The zero-order valence-corrected chi connectivity index (χ0v) is 10.1. The number of aromatic nitrogens is 4. The second kappa shape index (κ2) is 4.54. The molecular weight excluding hydrogens is 222 g/mol. The first-order valence-electron chi connectivity index (χ1n) is 5.21. The molecule has 2 N–H and O–H groups in total. The third-order valence-corrected chi connectivity index (χ3v) is 2.47. The van der Waals surface area contributed by atoms with Crippen molar-refractivity contribution in [1.82, 2.24) is 19.5 Å². The van der Waals surface area contributed by atoms with Crippen molar-refractivity contribution in [3.63, 3.8) is 0 Å². The molecular formula is C10H15N5O2. The first-order chi connectivity index (χ1) is 8.13. The van der Waals surface area contributed by atoms with Gasteiger partial charge in [0.15, 0.2) is 17.0 Å². The standard InChI is InChI=1S/C10H15N5O2/c1-6-12-7-8(11)13-10(17-5-4-16-3)14-9(7)15(6)2/h4-5H2,1-3H3,(H2,11,13,14). The molecule has 0 amide bonds. The molecule has 0 saturated carbocycles. The maximum Gasteiger partial charge on any atom is 0.320 e. The lowest BCUT2D eigenvalue weighted by Gasteiger charge is -2.04. The number of hydrogen-bond acceptors (Lipinski definition) is 6. The summed E-state index contributed by atoms with van der Waals surface area (Å²) in [5, 5.41) is 0. The Morgan fingerprint density at radius 1 is 1.24 bits per heavy atom. The number of methoxy groups -OCH3 is 1. The zero-order chi connectivity index (χ0) is 12.4. The number of aryl methyl sites for hydroxylation is 2. The van der Waals surface area contributed by atoms with Crippen molar-refractivity contribution in [2.24, 2.45) is 7.05 Å². The molecule has 0 aliphatic carbocycles. The summed E-state index contributed by atoms with van der Waals surface area (Å²) >= 11 is 0. The normalized spacial score (nSPS) is 11.0. The number of rotatable bonds is 4. The van der Waals surface area contributed by atoms with E-state index in [1.54, 1.807) is 7.11 Å². The highest BCUT2D eigenvalue weighted by molar-refractivity contribution is 5.82. The van der Waals surface area contributed by atoms with Gasteiger partial charge in [0.2, 0.25) is 0 Å². The summed E-state index contributed by atoms with van der Waals surface area (Å²) in [6.07, 6.45) is 0. The Kier molecular flexibility index (Phi) is 3.10. The van der Waals surface area contributed by atoms with Gasteiger partial charge in [0.25, 0.3) is 0 Å². The number of nitrogens with zero attached hydrogens (tertiary/aromatic N) is 4. The van der Waals surface area contributed by atoms with Gasteiger partial charge in [-0.2, -0.15) is 9.97 Å². The summed E-state index contributed by atoms with van der Waals surface area (Å²) in [4.78, 5) is 12.6. The van der Waals surface area contributed by atoms with Gasteiger partial charge >= 0.3 is 6.01 Å². The van der Waals surface area contributed by atoms with Crippen molar-refractivity contribution in [3.8, 4) is 6.01 Å². The van der Waals surface area contributed by atoms with E-state index in [2.05, 4.69) is 15.0 Å². The van der Waals surface area contributed by atoms with Gasteiger partial charge in [0, 0.05) is 14.2 Å². The highest BCUT2D eigenvalue weighted by atomic mass is 16.5. The van der Waals surface area contributed by atoms with Crippen LogP contribution in [0.2, 0.25) is 0 Å². The quantitative estimate of drug-likeness (QED) is 0.768. The van der Waals surface area contributed by atoms with Crippen LogP contribution in [0.5, 0.6) is 6.01 Å². The molecule has 0 aromatic carbocycles. The van der Waals surface area contributed by atoms with E-state index in [1.807, 2.05) is 18.5 Å². The van der Waals surface area contributed by atoms with Crippen LogP contribution in [0.15, 0.2) is 0 Å². The number of nitrogens with two attached hydrogens (primary N) is 1. The molecule has 0 aliphatic heterocycles. The molecule has 7 nitrogen and oxygen atoms in total. The van der Waals surface area contributed by atoms with E-state index in [4.69, 9.17) is 15.2 Å². The van der Waals surface area contributed by atoms with E-state index in [0.29, 0.717) is 30.2 Å². The van der Waals surface area contributed by atoms with E-state index in [-0.39, 0.29) is 6.01 Å². The van der Waals surface area contributed by atoms with Crippen LogP contribution in [-0.4, -0.2) is 39.8 Å². The minimum atomic E-state index is 0.245. The Labute approximate surface area is 98.6 Å². The number of hydrogen-bond donors (Lipinski definition) is 1. The molecule has 7 heteroatoms. The smallest absolute Gasteiger partial charge is 0.320 e. The number of anilines is 1. The van der Waals surface area contributed by atoms with Crippen LogP contribution < -0.4 is 10.5 Å². The van der Waals surface area contributed by atoms with Crippen LogP contribution >= 0.6 is 0 Å². The maximum absolute atomic E-state index is 5.81. The largest absolute Gasteiger partial charge is 0.461 e. The van der Waals surface area contributed by atoms with Gasteiger partial charge in [0.05, 0.1) is 6.61 Å². The lowest BCUT2D eigenvalue weighted by Crippen LogP contribution is -2.08. The molecule has 2 aromatic rings. The summed E-state index contributed by atoms with van der Waals surface area (Å²) in [5.74, 6) is 1.15. The molecule has 92 valence electrons. The van der Waals surface area contributed by atoms with Crippen molar-refractivity contribution >= 4 is 17.0 Å². The first kappa shape index (κ1) is 11.6. The molecule has 0 spiro atoms. The van der Waals surface area contributed by atoms with Crippen LogP contribution in [0.3, 0.4) is 0 Å². The summed E-state index contributed by atoms with van der Waals surface area (Å²) in [5.41, 5.74) is 7.08. The van der Waals surface area contributed by atoms with E-state index in [0.717, 1.165) is 5.82 Å². The van der Waals surface area contributed by atoms with Gasteiger partial charge in [-0.15, -0.1) is 0 Å². The SMILES string of the molecule is COCCOc1nc(N)c2nc(C)n(C)c2n1. The second-order valence-corrected chi connectivity index (χ2v) is 3.62. The number of fused-ring (bicyclic) bond motifs is 1. The van der Waals surface area contributed by atoms with Crippen molar-refractivity contribution in [3.05, 3.63) is 5.82 Å². The van der Waals surface area contributed by atoms with Crippen LogP contribution in [0, 0.1) is 6.92 Å². The van der Waals surface area contributed by atoms with Crippen LogP contribution in [0.1, 0.15) is 5.82 Å². The Hall–Kier alpha value is -1.89. The van der Waals surface area contributed by atoms with Crippen molar-refractivity contribution in [2.45, 2.75) is 6.92 Å². The highest BCUT2D eigenvalue weighted by Gasteiger charge is 2.12. The minimum absolute atomic E-state index is 0.245. The first-order valence-corrected chi connectivity index (χ1v) is 5.21. The molecule has 0 fully saturated rings. The molecule has 0 atom stereocenters. The summed E-state index contributed by atoms with van der Waals surface area (Å²) in [6, 6.07) is 0.245. The van der Waals surface area contributed by atoms with Crippen LogP contribution in [-0.2, 0) is 11.8 Å². The Bertz CT molecular complexity index is 537. The predicted molar refractivity (Wildman–Crippen MR) is 62.8 cm³/mol. The van der Waals surface area contributed by atoms with E-state index >= 15 is 0 Å². The zero-order valence-electron chi connectivity index (χ0n) is 10.1. The van der Waals surface area contributed by atoms with Crippen molar-refractivity contribution < 1.29 is 9.47 Å². The van der Waals surface area contributed by atoms with Crippen molar-refractivity contribution in [1.29, 1.82) is 0 Å². The van der Waals surface area contributed by atoms with E-state index in [9.17, 15) is 0 Å². The maximum atomic E-state index is 5.81. The molecule has 17 heavy (non-hydrogen) atoms. The number of nitrogen functional groups attached to an aromatic ring is 1. The monoisotopic (exact) mass is 237 g/mol. The summed E-state index contributed by atoms with van der Waals surface area (Å²) in [7, 11) is 3.47. The fourth-order valence-electron chi connectivity index (χ4n) is 1.45. The molecule has 0 radical (unpaired) electrons. The van der Waals surface area contributed by atoms with Gasteiger partial charge in [-0.05, 0) is 6.92 Å². The highest BCUT2D eigenvalue weighted by Crippen LogP contribution is 2.20. The minimum Gasteiger partial charge on any atom is -0.461 e. The molecule has 2 heterocycles. The number of imidazole rings is 1. The molecule has 0 saturated heterocycles. The van der Waals surface area contributed by atoms with Gasteiger partial charge in [-0.25, -0.2) is 4.98 Å². The third-order valence-electron chi connectivity index (χ3n) is 2.47. The average Bonchev–Trinajstić information content (AvgIpc) is 2.58. The average molecular weight is 237 g/mol. The Morgan fingerprint density at radius 3 is 2.71 bits per heavy atom. The van der Waals surface area contributed by atoms with Gasteiger partial charge in [0.1, 0.15) is 12.4 Å². The molecule has 2 rings (SSSR count). The van der Waals surface area contributed by atoms with Crippen LogP contribution in [0.4, 0.5) is 5.82 Å². The number of ether oxygens (including phenoxy) is 2. The van der Waals surface area contributed by atoms with Gasteiger partial charge in [-0.3, -0.25) is 0 Å². The lowest BCUT2D eigenvalue weighted by molar-refractivity contribution is 0.141. The van der Waals surface area contributed by atoms with E-state index < -0.39 is 0 Å². The van der Waals surface area contributed by atoms with Crippen molar-refractivity contribution in [2.75, 3.05) is 26.1 Å². The third kappa shape index (κ3) is 2.14. The topological polar surface area (TPSA) is 88.1 Å². The fraction of sp³-hybridized carbons (Fsp3) is 0.500. The molecule has 0 aliphatic rings. The summed E-state index contributed by atoms with van der Waals surface area (Å²) in [6.45, 7) is 2.75.